The molecule has 1 aromatic carbocycles. The van der Waals surface area contributed by atoms with E-state index in [-0.39, 0.29) is 5.56 Å². The van der Waals surface area contributed by atoms with E-state index in [0.29, 0.717) is 28.3 Å². The molecule has 1 aliphatic rings. The molecular formula is C19H25ClN2O. The van der Waals surface area contributed by atoms with Crippen LogP contribution >= 0.6 is 11.6 Å². The lowest BCUT2D eigenvalue weighted by Gasteiger charge is -2.32. The molecule has 0 saturated heterocycles. The lowest BCUT2D eigenvalue weighted by Crippen LogP contribution is -2.32. The molecule has 3 N–H and O–H groups in total. The summed E-state index contributed by atoms with van der Waals surface area (Å²) in [7, 11) is 0. The van der Waals surface area contributed by atoms with Crippen molar-refractivity contribution in [3.05, 3.63) is 45.3 Å². The highest BCUT2D eigenvalue weighted by Gasteiger charge is 2.25. The van der Waals surface area contributed by atoms with Crippen molar-refractivity contribution >= 4 is 22.4 Å². The molecule has 0 radical (unpaired) electrons. The van der Waals surface area contributed by atoms with Crippen LogP contribution in [-0.2, 0) is 6.42 Å². The topological polar surface area (TPSA) is 58.9 Å². The average molecular weight is 333 g/mol. The van der Waals surface area contributed by atoms with E-state index >= 15 is 0 Å². The van der Waals surface area contributed by atoms with Gasteiger partial charge in [0.05, 0.1) is 0 Å². The maximum absolute atomic E-state index is 11.8. The highest BCUT2D eigenvalue weighted by molar-refractivity contribution is 6.32. The highest BCUT2D eigenvalue weighted by atomic mass is 35.5. The minimum Gasteiger partial charge on any atom is -0.329 e. The second kappa shape index (κ2) is 7.06. The van der Waals surface area contributed by atoms with Gasteiger partial charge in [-0.05, 0) is 79.5 Å². The van der Waals surface area contributed by atoms with E-state index in [1.165, 1.54) is 25.7 Å². The summed E-state index contributed by atoms with van der Waals surface area (Å²) < 4.78 is 0. The number of hydrogen-bond acceptors (Lipinski definition) is 2. The molecule has 0 spiro atoms. The molecule has 4 heteroatoms. The Labute approximate surface area is 142 Å². The average Bonchev–Trinajstić information content (AvgIpc) is 2.56. The van der Waals surface area contributed by atoms with Crippen LogP contribution in [0.4, 0.5) is 0 Å². The van der Waals surface area contributed by atoms with Gasteiger partial charge < -0.3 is 10.7 Å². The van der Waals surface area contributed by atoms with Crippen molar-refractivity contribution in [1.29, 1.82) is 0 Å². The van der Waals surface area contributed by atoms with E-state index in [2.05, 4.69) is 18.0 Å². The number of pyridine rings is 1. The lowest BCUT2D eigenvalue weighted by atomic mass is 9.76. The second-order valence-electron chi connectivity index (χ2n) is 6.89. The minimum absolute atomic E-state index is 0.0787. The summed E-state index contributed by atoms with van der Waals surface area (Å²) in [5, 5.41) is 2.34. The molecule has 0 amide bonds. The summed E-state index contributed by atoms with van der Waals surface area (Å²) >= 11 is 6.42. The Bertz CT molecular complexity index is 732. The van der Waals surface area contributed by atoms with Gasteiger partial charge in [-0.2, -0.15) is 0 Å². The van der Waals surface area contributed by atoms with Crippen molar-refractivity contribution in [2.45, 2.75) is 51.5 Å². The van der Waals surface area contributed by atoms with Crippen LogP contribution in [0.2, 0.25) is 5.02 Å². The molecule has 1 fully saturated rings. The molecule has 3 nitrogen and oxygen atoms in total. The zero-order valence-electron chi connectivity index (χ0n) is 13.6. The van der Waals surface area contributed by atoms with E-state index in [1.54, 1.807) is 6.20 Å². The molecule has 1 aliphatic carbocycles. The molecule has 3 rings (SSSR count). The number of halogens is 1. The predicted octanol–water partition coefficient (Wildman–Crippen LogP) is 4.27. The third-order valence-electron chi connectivity index (χ3n) is 5.42. The highest BCUT2D eigenvalue weighted by Crippen LogP contribution is 2.34. The maximum atomic E-state index is 11.8. The Morgan fingerprint density at radius 2 is 2.04 bits per heavy atom. The largest absolute Gasteiger partial charge is 0.329 e. The Morgan fingerprint density at radius 1 is 1.30 bits per heavy atom. The van der Waals surface area contributed by atoms with E-state index in [9.17, 15) is 4.79 Å². The summed E-state index contributed by atoms with van der Waals surface area (Å²) in [6.45, 7) is 2.17. The van der Waals surface area contributed by atoms with Gasteiger partial charge in [-0.1, -0.05) is 18.5 Å². The number of hydrogen-bond donors (Lipinski definition) is 2. The van der Waals surface area contributed by atoms with E-state index in [4.69, 9.17) is 17.3 Å². The molecule has 1 unspecified atom stereocenters. The molecule has 1 atom stereocenters. The van der Waals surface area contributed by atoms with Crippen molar-refractivity contribution in [2.75, 3.05) is 0 Å². The van der Waals surface area contributed by atoms with Crippen LogP contribution < -0.4 is 11.3 Å². The Balaban J connectivity index is 1.73. The Hall–Kier alpha value is -1.32. The molecule has 0 aliphatic heterocycles. The zero-order valence-corrected chi connectivity index (χ0v) is 14.4. The van der Waals surface area contributed by atoms with Crippen LogP contribution in [0.1, 0.15) is 44.6 Å². The van der Waals surface area contributed by atoms with Crippen LogP contribution in [-0.4, -0.2) is 11.0 Å². The van der Waals surface area contributed by atoms with Crippen LogP contribution in [0.25, 0.3) is 10.8 Å². The number of fused-ring (bicyclic) bond motifs is 1. The second-order valence-corrected chi connectivity index (χ2v) is 7.30. The fraction of sp³-hybridized carbons (Fsp3) is 0.526. The van der Waals surface area contributed by atoms with Gasteiger partial charge in [0.25, 0.3) is 5.56 Å². The standard InChI is InChI=1S/C19H25ClN2O/c1-2-18(21)13-5-3-12(4-6-13)9-15-10-14-7-8-22-19(23)16(14)11-17(15)20/h7-8,10-13,18H,2-6,9,21H2,1H3,(H,22,23). The van der Waals surface area contributed by atoms with E-state index in [0.717, 1.165) is 23.8 Å². The normalized spacial score (nSPS) is 23.1. The summed E-state index contributed by atoms with van der Waals surface area (Å²) in [5.74, 6) is 1.36. The van der Waals surface area contributed by atoms with E-state index in [1.807, 2.05) is 12.1 Å². The molecule has 1 heterocycles. The molecule has 2 aromatic rings. The number of H-pyrrole nitrogens is 1. The van der Waals surface area contributed by atoms with Crippen LogP contribution in [0, 0.1) is 11.8 Å². The number of rotatable bonds is 4. The van der Waals surface area contributed by atoms with Gasteiger partial charge in [0.15, 0.2) is 0 Å². The fourth-order valence-corrected chi connectivity index (χ4v) is 4.12. The number of nitrogens with one attached hydrogen (secondary N) is 1. The Morgan fingerprint density at radius 3 is 2.74 bits per heavy atom. The molecule has 23 heavy (non-hydrogen) atoms. The summed E-state index contributed by atoms with van der Waals surface area (Å²) in [6.07, 6.45) is 8.66. The fourth-order valence-electron chi connectivity index (χ4n) is 3.88. The molecule has 1 aromatic heterocycles. The monoisotopic (exact) mass is 332 g/mol. The first-order valence-electron chi connectivity index (χ1n) is 8.64. The van der Waals surface area contributed by atoms with Crippen LogP contribution in [0.3, 0.4) is 0 Å². The summed E-state index contributed by atoms with van der Waals surface area (Å²) in [4.78, 5) is 14.5. The van der Waals surface area contributed by atoms with Crippen molar-refractivity contribution in [1.82, 2.24) is 4.98 Å². The maximum Gasteiger partial charge on any atom is 0.255 e. The first-order valence-corrected chi connectivity index (χ1v) is 9.01. The number of aromatic nitrogens is 1. The molecular weight excluding hydrogens is 308 g/mol. The van der Waals surface area contributed by atoms with Gasteiger partial charge in [-0.25, -0.2) is 0 Å². The zero-order chi connectivity index (χ0) is 16.4. The first-order chi connectivity index (χ1) is 11.1. The van der Waals surface area contributed by atoms with Gasteiger partial charge in [-0.15, -0.1) is 0 Å². The van der Waals surface area contributed by atoms with Gasteiger partial charge in [0, 0.05) is 22.6 Å². The van der Waals surface area contributed by atoms with Gasteiger partial charge in [-0.3, -0.25) is 4.79 Å². The summed E-state index contributed by atoms with van der Waals surface area (Å²) in [5.41, 5.74) is 7.27. The van der Waals surface area contributed by atoms with E-state index < -0.39 is 0 Å². The van der Waals surface area contributed by atoms with Crippen molar-refractivity contribution in [3.8, 4) is 0 Å². The predicted molar refractivity (Wildman–Crippen MR) is 97.0 cm³/mol. The lowest BCUT2D eigenvalue weighted by molar-refractivity contribution is 0.239. The summed E-state index contributed by atoms with van der Waals surface area (Å²) in [6, 6.07) is 6.18. The smallest absolute Gasteiger partial charge is 0.255 e. The quantitative estimate of drug-likeness (QED) is 0.878. The molecule has 1 saturated carbocycles. The molecule has 0 bridgehead atoms. The SMILES string of the molecule is CCC(N)C1CCC(Cc2cc3cc[nH]c(=O)c3cc2Cl)CC1. The number of aromatic amines is 1. The minimum atomic E-state index is -0.0787. The van der Waals surface area contributed by atoms with Gasteiger partial charge in [0.2, 0.25) is 0 Å². The van der Waals surface area contributed by atoms with Crippen molar-refractivity contribution in [2.24, 2.45) is 17.6 Å². The third kappa shape index (κ3) is 3.61. The third-order valence-corrected chi connectivity index (χ3v) is 5.77. The first kappa shape index (κ1) is 16.5. The van der Waals surface area contributed by atoms with Gasteiger partial charge in [0.1, 0.15) is 0 Å². The van der Waals surface area contributed by atoms with Crippen molar-refractivity contribution < 1.29 is 0 Å². The van der Waals surface area contributed by atoms with Crippen molar-refractivity contribution in [3.63, 3.8) is 0 Å². The molecule has 124 valence electrons. The number of benzene rings is 1. The number of nitrogens with two attached hydrogens (primary N) is 1. The van der Waals surface area contributed by atoms with Crippen LogP contribution in [0.5, 0.6) is 0 Å². The van der Waals surface area contributed by atoms with Gasteiger partial charge >= 0.3 is 0 Å². The Kier molecular flexibility index (Phi) is 5.08. The van der Waals surface area contributed by atoms with Crippen LogP contribution in [0.15, 0.2) is 29.2 Å².